The molecule has 2 aliphatic carbocycles. The zero-order valence-electron chi connectivity index (χ0n) is 20.0. The van der Waals surface area contributed by atoms with Gasteiger partial charge in [0.25, 0.3) is 5.91 Å². The number of nitrogens with zero attached hydrogens (tertiary/aromatic N) is 2. The maximum Gasteiger partial charge on any atom is 0.325 e. The van der Waals surface area contributed by atoms with Gasteiger partial charge >= 0.3 is 6.03 Å². The average molecular weight is 471 g/mol. The molecule has 3 aliphatic rings. The van der Waals surface area contributed by atoms with Crippen molar-refractivity contribution in [2.75, 3.05) is 11.9 Å². The average Bonchev–Trinajstić information content (AvgIpc) is 3.24. The Bertz CT molecular complexity index is 1020. The van der Waals surface area contributed by atoms with Gasteiger partial charge in [-0.3, -0.25) is 14.5 Å². The summed E-state index contributed by atoms with van der Waals surface area (Å²) in [6, 6.07) is 1.78. The van der Waals surface area contributed by atoms with E-state index in [2.05, 4.69) is 37.5 Å². The van der Waals surface area contributed by atoms with Crippen LogP contribution in [0.2, 0.25) is 0 Å². The highest BCUT2D eigenvalue weighted by atomic mass is 32.1. The van der Waals surface area contributed by atoms with E-state index in [1.165, 1.54) is 16.2 Å². The molecule has 1 spiro atoms. The standard InChI is InChI=1S/C25H34N4O3S/c1-5-24(3,4)16-9-10-17-18(13-26)21(33-19(17)12-16)27-20(30)14-29-22(31)25(28-23(29)32)11-7-6-8-15(25)2/h15-16H,5-12,14H2,1-4H3,(H,27,30)(H,28,32). The first-order chi connectivity index (χ1) is 15.6. The number of rotatable bonds is 5. The molecule has 1 saturated carbocycles. The lowest BCUT2D eigenvalue weighted by Gasteiger charge is -2.36. The number of fused-ring (bicyclic) bond motifs is 1. The molecule has 0 bridgehead atoms. The van der Waals surface area contributed by atoms with Crippen LogP contribution in [0.5, 0.6) is 0 Å². The van der Waals surface area contributed by atoms with E-state index in [0.29, 0.717) is 22.9 Å². The van der Waals surface area contributed by atoms with E-state index in [0.717, 1.165) is 55.4 Å². The fourth-order valence-corrected chi connectivity index (χ4v) is 6.99. The minimum Gasteiger partial charge on any atom is -0.323 e. The second-order valence-electron chi connectivity index (χ2n) is 10.6. The minimum atomic E-state index is -0.878. The summed E-state index contributed by atoms with van der Waals surface area (Å²) in [6.07, 6.45) is 7.32. The number of imide groups is 1. The van der Waals surface area contributed by atoms with Crippen molar-refractivity contribution in [1.82, 2.24) is 10.2 Å². The molecule has 3 unspecified atom stereocenters. The highest BCUT2D eigenvalue weighted by Crippen LogP contribution is 2.45. The zero-order valence-corrected chi connectivity index (χ0v) is 20.9. The molecule has 178 valence electrons. The van der Waals surface area contributed by atoms with Crippen LogP contribution >= 0.6 is 11.3 Å². The molecule has 1 saturated heterocycles. The van der Waals surface area contributed by atoms with Crippen LogP contribution in [0.3, 0.4) is 0 Å². The van der Waals surface area contributed by atoms with Crippen LogP contribution in [0.15, 0.2) is 0 Å². The fourth-order valence-electron chi connectivity index (χ4n) is 5.70. The quantitative estimate of drug-likeness (QED) is 0.614. The normalized spacial score (nSPS) is 27.3. The van der Waals surface area contributed by atoms with Gasteiger partial charge in [-0.2, -0.15) is 5.26 Å². The van der Waals surface area contributed by atoms with Crippen LogP contribution < -0.4 is 10.6 Å². The Hall–Kier alpha value is -2.40. The lowest BCUT2D eigenvalue weighted by molar-refractivity contribution is -0.136. The van der Waals surface area contributed by atoms with Crippen molar-refractivity contribution in [1.29, 1.82) is 5.26 Å². The Balaban J connectivity index is 1.48. The van der Waals surface area contributed by atoms with Crippen LogP contribution in [0.1, 0.15) is 82.2 Å². The Morgan fingerprint density at radius 2 is 2.09 bits per heavy atom. The number of hydrogen-bond acceptors (Lipinski definition) is 5. The SMILES string of the molecule is CCC(C)(C)C1CCc2c(sc(NC(=O)CN3C(=O)NC4(CCCCC4C)C3=O)c2C#N)C1. The number of hydrogen-bond donors (Lipinski definition) is 2. The second kappa shape index (κ2) is 8.75. The van der Waals surface area contributed by atoms with Gasteiger partial charge in [-0.1, -0.05) is 47.0 Å². The molecule has 0 aromatic carbocycles. The summed E-state index contributed by atoms with van der Waals surface area (Å²) in [5, 5.41) is 16.0. The zero-order chi connectivity index (χ0) is 24.0. The van der Waals surface area contributed by atoms with Gasteiger partial charge in [0.15, 0.2) is 0 Å². The van der Waals surface area contributed by atoms with Gasteiger partial charge in [-0.15, -0.1) is 11.3 Å². The van der Waals surface area contributed by atoms with Gasteiger partial charge in [-0.25, -0.2) is 4.79 Å². The summed E-state index contributed by atoms with van der Waals surface area (Å²) >= 11 is 1.47. The number of anilines is 1. The van der Waals surface area contributed by atoms with Crippen molar-refractivity contribution >= 4 is 34.2 Å². The van der Waals surface area contributed by atoms with E-state index in [4.69, 9.17) is 0 Å². The molecule has 1 aromatic heterocycles. The first-order valence-corrected chi connectivity index (χ1v) is 12.9. The van der Waals surface area contributed by atoms with Crippen LogP contribution in [-0.2, 0) is 22.4 Å². The second-order valence-corrected chi connectivity index (χ2v) is 11.7. The first kappa shape index (κ1) is 23.7. The third-order valence-corrected chi connectivity index (χ3v) is 9.62. The molecule has 2 heterocycles. The maximum absolute atomic E-state index is 13.1. The molecule has 3 atom stereocenters. The van der Waals surface area contributed by atoms with E-state index < -0.39 is 17.5 Å². The van der Waals surface area contributed by atoms with E-state index in [1.807, 2.05) is 6.92 Å². The molecule has 4 amide bonds. The minimum absolute atomic E-state index is 0.0466. The third kappa shape index (κ3) is 4.05. The Labute approximate surface area is 199 Å². The number of carbonyl (C=O) groups excluding carboxylic acids is 3. The number of nitrogens with one attached hydrogen (secondary N) is 2. The lowest BCUT2D eigenvalue weighted by atomic mass is 9.69. The Morgan fingerprint density at radius 3 is 2.76 bits per heavy atom. The van der Waals surface area contributed by atoms with Gasteiger partial charge in [0.05, 0.1) is 5.56 Å². The predicted octanol–water partition coefficient (Wildman–Crippen LogP) is 4.60. The molecule has 4 rings (SSSR count). The fraction of sp³-hybridized carbons (Fsp3) is 0.680. The molecule has 7 nitrogen and oxygen atoms in total. The van der Waals surface area contributed by atoms with Gasteiger partial charge in [0.1, 0.15) is 23.2 Å². The summed E-state index contributed by atoms with van der Waals surface area (Å²) in [5.41, 5.74) is 0.932. The third-order valence-electron chi connectivity index (χ3n) is 8.45. The number of nitriles is 1. The van der Waals surface area contributed by atoms with Crippen molar-refractivity contribution in [2.45, 2.75) is 84.6 Å². The van der Waals surface area contributed by atoms with Crippen LogP contribution in [0.4, 0.5) is 9.80 Å². The molecule has 2 N–H and O–H groups in total. The van der Waals surface area contributed by atoms with Crippen LogP contribution in [0.25, 0.3) is 0 Å². The van der Waals surface area contributed by atoms with Crippen molar-refractivity contribution in [2.24, 2.45) is 17.3 Å². The molecule has 1 aliphatic heterocycles. The summed E-state index contributed by atoms with van der Waals surface area (Å²) in [7, 11) is 0. The van der Waals surface area contributed by atoms with Gasteiger partial charge in [-0.05, 0) is 54.9 Å². The predicted molar refractivity (Wildman–Crippen MR) is 128 cm³/mol. The highest BCUT2D eigenvalue weighted by molar-refractivity contribution is 7.16. The first-order valence-electron chi connectivity index (χ1n) is 12.1. The van der Waals surface area contributed by atoms with Gasteiger partial charge in [0.2, 0.25) is 5.91 Å². The van der Waals surface area contributed by atoms with E-state index >= 15 is 0 Å². The highest BCUT2D eigenvalue weighted by Gasteiger charge is 2.55. The number of amides is 4. The molecule has 1 aromatic rings. The Kier molecular flexibility index (Phi) is 6.30. The Morgan fingerprint density at radius 1 is 1.33 bits per heavy atom. The maximum atomic E-state index is 13.1. The smallest absolute Gasteiger partial charge is 0.323 e. The topological polar surface area (TPSA) is 102 Å². The van der Waals surface area contributed by atoms with Crippen LogP contribution in [0, 0.1) is 28.6 Å². The molecular formula is C25H34N4O3S. The number of carbonyl (C=O) groups is 3. The van der Waals surface area contributed by atoms with Crippen LogP contribution in [-0.4, -0.2) is 34.8 Å². The van der Waals surface area contributed by atoms with Gasteiger partial charge in [0, 0.05) is 4.88 Å². The van der Waals surface area contributed by atoms with Gasteiger partial charge < -0.3 is 10.6 Å². The molecule has 0 radical (unpaired) electrons. The van der Waals surface area contributed by atoms with E-state index in [9.17, 15) is 19.6 Å². The number of urea groups is 1. The lowest BCUT2D eigenvalue weighted by Crippen LogP contribution is -2.54. The van der Waals surface area contributed by atoms with Crippen molar-refractivity contribution < 1.29 is 14.4 Å². The molecular weight excluding hydrogens is 436 g/mol. The number of thiophene rings is 1. The van der Waals surface area contributed by atoms with Crippen molar-refractivity contribution in [3.8, 4) is 6.07 Å². The summed E-state index contributed by atoms with van der Waals surface area (Å²) in [6.45, 7) is 8.45. The van der Waals surface area contributed by atoms with Crippen molar-refractivity contribution in [3.63, 3.8) is 0 Å². The molecule has 33 heavy (non-hydrogen) atoms. The monoisotopic (exact) mass is 470 g/mol. The largest absolute Gasteiger partial charge is 0.325 e. The van der Waals surface area contributed by atoms with E-state index in [1.54, 1.807) is 0 Å². The summed E-state index contributed by atoms with van der Waals surface area (Å²) in [4.78, 5) is 40.8. The summed E-state index contributed by atoms with van der Waals surface area (Å²) < 4.78 is 0. The molecule has 2 fully saturated rings. The summed E-state index contributed by atoms with van der Waals surface area (Å²) in [5.74, 6) is -0.154. The van der Waals surface area contributed by atoms with E-state index in [-0.39, 0.29) is 23.8 Å². The van der Waals surface area contributed by atoms with Crippen molar-refractivity contribution in [3.05, 3.63) is 16.0 Å². The molecule has 8 heteroatoms.